The van der Waals surface area contributed by atoms with Crippen molar-refractivity contribution in [1.29, 1.82) is 0 Å². The molecule has 0 saturated carbocycles. The van der Waals surface area contributed by atoms with E-state index in [0.29, 0.717) is 132 Å². The SMILES string of the molecule is C1CC(C2COC2)CCN1.CC(C)(C)OC(=O)C1CCN(c2c(F)cncc2NC(=O)c2c(N)nn3cc(F)cnc23)CC1.CC(C)(C)OC(=O)C1CCN(c2c(N)cncc2F)CC1.Cl.Nc1nn2cc(F)cnc2c1C(=O)Nc1cncc(F)c1N1CCC(C(=O)O)CC1.Nc1nn2cc(F)cnc2c1C(=O)Nc1cncc(F)c1N1CCC(C(=O)O)CC1.Nc1nn2cc(F)cnc2c1C(=O)On1nnc2c1C=C(Cl)[C+]=C2. The highest BCUT2D eigenvalue weighted by molar-refractivity contribution is 6.33. The van der Waals surface area contributed by atoms with Crippen LogP contribution >= 0.6 is 24.0 Å². The lowest BCUT2D eigenvalue weighted by molar-refractivity contribution is -0.161. The number of aliphatic carboxylic acids is 2. The monoisotopic (exact) mass is 2130 g/mol. The highest BCUT2D eigenvalue weighted by atomic mass is 35.5. The van der Waals surface area contributed by atoms with Gasteiger partial charge >= 0.3 is 29.8 Å². The van der Waals surface area contributed by atoms with Gasteiger partial charge in [0.05, 0.1) is 177 Å². The average Bonchev–Trinajstić information content (AvgIpc) is 1.63. The molecule has 16 N–H and O–H groups in total. The summed E-state index contributed by atoms with van der Waals surface area (Å²) in [6.07, 6.45) is 29.5. The molecule has 46 nitrogen and oxygen atoms in total. The number of ether oxygens (including phenoxy) is 3. The molecule has 6 aliphatic heterocycles. The van der Waals surface area contributed by atoms with E-state index in [4.69, 9.17) is 69.5 Å². The minimum Gasteiger partial charge on any atom is -0.481 e. The van der Waals surface area contributed by atoms with Crippen LogP contribution < -0.4 is 74.4 Å². The number of amides is 3. The lowest BCUT2D eigenvalue weighted by Gasteiger charge is -2.36. The van der Waals surface area contributed by atoms with E-state index in [0.717, 1.165) is 122 Å². The van der Waals surface area contributed by atoms with Gasteiger partial charge in [0.15, 0.2) is 98.0 Å². The number of carbonyl (C=O) groups is 8. The summed E-state index contributed by atoms with van der Waals surface area (Å²) in [6.45, 7) is 18.6. The molecule has 20 rings (SSSR count). The lowest BCUT2D eigenvalue weighted by atomic mass is 9.84. The summed E-state index contributed by atoms with van der Waals surface area (Å²) in [7, 11) is 0. The number of nitrogens with one attached hydrogen (secondary N) is 4. The van der Waals surface area contributed by atoms with E-state index in [9.17, 15) is 73.5 Å². The number of carboxylic acids is 2. The molecule has 6 fully saturated rings. The number of carbonyl (C=O) groups excluding carboxylic acids is 6. The Hall–Kier alpha value is -16.5. The van der Waals surface area contributed by atoms with Crippen LogP contribution in [0, 0.1) is 88.1 Å². The number of aromatic nitrogens is 19. The van der Waals surface area contributed by atoms with Crippen molar-refractivity contribution >= 4 is 175 Å². The Morgan fingerprint density at radius 3 is 1.09 bits per heavy atom. The Morgan fingerprint density at radius 2 is 0.760 bits per heavy atom. The molecule has 6 saturated heterocycles. The zero-order valence-electron chi connectivity index (χ0n) is 81.2. The third-order valence-corrected chi connectivity index (χ3v) is 24.9. The minimum absolute atomic E-state index is 0. The number of fused-ring (bicyclic) bond motifs is 5. The Balaban J connectivity index is 0.000000145. The Kier molecular flexibility index (Phi) is 34.3. The van der Waals surface area contributed by atoms with Crippen LogP contribution in [0.4, 0.5) is 104 Å². The number of halogens is 10. The zero-order chi connectivity index (χ0) is 107. The van der Waals surface area contributed by atoms with Gasteiger partial charge in [0.2, 0.25) is 16.4 Å². The van der Waals surface area contributed by atoms with Crippen molar-refractivity contribution in [1.82, 2.24) is 98.8 Å². The predicted octanol–water partition coefficient (Wildman–Crippen LogP) is 10.0. The second-order valence-corrected chi connectivity index (χ2v) is 37.6. The van der Waals surface area contributed by atoms with E-state index in [1.807, 2.05) is 46.4 Å². The summed E-state index contributed by atoms with van der Waals surface area (Å²) in [5.41, 5.74) is 29.9. The molecule has 792 valence electrons. The standard InChI is InChI=1S/C22H25F2N7O3.2C18H17F2N7O3.C15H22FN3O2.C13H6ClFN7O2.C8H15NO.ClH/c1-22(2,3)34-21(33)12-4-6-30(7-5-12)17-14(24)9-26-10-15(17)28-20(32)16-18(25)29-31-11-13(23)8-27-19(16)31;2*19-10-5-23-16-13(15(21)25-27(16)8-10)17(28)24-12-7-22-6-11(20)14(12)26-3-1-9(2-4-26)18(29)30;1-15(2,3)21-14(20)10-4-6-19(7-5-10)13-11(16)8-18-9-12(13)17;14-6-1-2-8-9(3-6)22(20-18-8)24-13(23)10-11(16)19-21-5-7(15)4-17-12(10)21;1-3-9-4-2-7(1)8-5-10-6-8;/h8-12H,4-7H2,1-3H3,(H2,25,29)(H,28,32);2*5-9H,1-4H2,(H2,21,25)(H,24,28)(H,29,30);8-10H,4-7,17H2,1-3H3;2-5H,(H2,16,19);7-9H,1-6H2;1H/q;;;;+1;;. The molecule has 0 atom stereocenters. The summed E-state index contributed by atoms with van der Waals surface area (Å²) in [6, 6.07) is 0. The maximum Gasteiger partial charge on any atom is 0.373 e. The summed E-state index contributed by atoms with van der Waals surface area (Å²) in [5, 5.41) is 52.7. The molecule has 0 aromatic carbocycles. The highest BCUT2D eigenvalue weighted by Crippen LogP contribution is 2.40. The normalized spacial score (nSPS) is 15.7. The first-order chi connectivity index (χ1) is 71.0. The van der Waals surface area contributed by atoms with Gasteiger partial charge in [-0.25, -0.2) is 77.9 Å². The molecule has 0 spiro atoms. The first kappa shape index (κ1) is 109. The van der Waals surface area contributed by atoms with Crippen molar-refractivity contribution in [2.24, 2.45) is 35.5 Å². The van der Waals surface area contributed by atoms with E-state index in [1.54, 1.807) is 14.7 Å². The van der Waals surface area contributed by atoms with Crippen molar-refractivity contribution in [2.75, 3.05) is 143 Å². The van der Waals surface area contributed by atoms with Crippen LogP contribution in [0.2, 0.25) is 0 Å². The van der Waals surface area contributed by atoms with Gasteiger partial charge in [-0.15, -0.1) is 32.8 Å². The van der Waals surface area contributed by atoms with Crippen molar-refractivity contribution < 1.29 is 103 Å². The molecule has 3 amide bonds. The van der Waals surface area contributed by atoms with Crippen LogP contribution in [0.15, 0.2) is 104 Å². The quantitative estimate of drug-likeness (QED) is 0.0175. The molecule has 150 heavy (non-hydrogen) atoms. The number of nitrogens with two attached hydrogens (primary N) is 5. The van der Waals surface area contributed by atoms with E-state index in [1.165, 1.54) is 62.9 Å². The van der Waals surface area contributed by atoms with Gasteiger partial charge in [-0.2, -0.15) is 0 Å². The molecule has 7 aliphatic rings. The van der Waals surface area contributed by atoms with Crippen LogP contribution in [0.1, 0.15) is 159 Å². The Bertz CT molecular complexity index is 7070. The van der Waals surface area contributed by atoms with Crippen molar-refractivity contribution in [3.05, 3.63) is 190 Å². The molecule has 19 heterocycles. The zero-order valence-corrected chi connectivity index (χ0v) is 82.8. The summed E-state index contributed by atoms with van der Waals surface area (Å²) >= 11 is 5.86. The van der Waals surface area contributed by atoms with Crippen molar-refractivity contribution in [3.63, 3.8) is 0 Å². The second kappa shape index (κ2) is 47.1. The molecular formula is C94H103Cl2F8N32O14+. The van der Waals surface area contributed by atoms with Gasteiger partial charge < -0.3 is 98.8 Å². The van der Waals surface area contributed by atoms with Gasteiger partial charge in [-0.05, 0) is 146 Å². The molecule has 13 aromatic rings. The third kappa shape index (κ3) is 26.0. The van der Waals surface area contributed by atoms with Gasteiger partial charge in [0.25, 0.3) is 17.7 Å². The average molecular weight is 2130 g/mol. The predicted molar refractivity (Wildman–Crippen MR) is 531 cm³/mol. The van der Waals surface area contributed by atoms with E-state index >= 15 is 0 Å². The number of pyridine rings is 4. The second-order valence-electron chi connectivity index (χ2n) is 37.2. The highest BCUT2D eigenvalue weighted by Gasteiger charge is 2.39. The number of piperidine rings is 5. The van der Waals surface area contributed by atoms with Gasteiger partial charge in [-0.3, -0.25) is 53.5 Å². The van der Waals surface area contributed by atoms with Crippen LogP contribution in [-0.2, 0) is 33.4 Å². The minimum atomic E-state index is -0.883. The molecule has 0 unspecified atom stereocenters. The molecule has 0 bridgehead atoms. The van der Waals surface area contributed by atoms with Gasteiger partial charge in [0.1, 0.15) is 51.0 Å². The summed E-state index contributed by atoms with van der Waals surface area (Å²) in [4.78, 5) is 141. The molecule has 13 aromatic heterocycles. The number of rotatable bonds is 17. The third-order valence-electron chi connectivity index (χ3n) is 24.6. The van der Waals surface area contributed by atoms with Crippen LogP contribution in [0.5, 0.6) is 0 Å². The fourth-order valence-corrected chi connectivity index (χ4v) is 17.6. The number of nitrogen functional groups attached to an aromatic ring is 5. The maximum atomic E-state index is 14.8. The number of allylic oxidation sites excluding steroid dienone is 2. The first-order valence-electron chi connectivity index (χ1n) is 46.8. The van der Waals surface area contributed by atoms with Gasteiger partial charge in [-0.1, -0.05) is 5.10 Å². The van der Waals surface area contributed by atoms with Crippen LogP contribution in [0.25, 0.3) is 34.7 Å². The fraction of sp³-hybridized carbons (Fsp3) is 0.383. The summed E-state index contributed by atoms with van der Waals surface area (Å²) in [5.74, 6) is -10.3. The number of hydrogen-bond acceptors (Lipinski definition) is 36. The largest absolute Gasteiger partial charge is 0.481 e. The topological polar surface area (TPSA) is 608 Å². The van der Waals surface area contributed by atoms with E-state index < -0.39 is 105 Å². The van der Waals surface area contributed by atoms with Crippen molar-refractivity contribution in [2.45, 2.75) is 117 Å². The van der Waals surface area contributed by atoms with Gasteiger partial charge in [0, 0.05) is 58.3 Å². The number of carboxylic acid groups (broad SMARTS) is 2. The van der Waals surface area contributed by atoms with E-state index in [-0.39, 0.29) is 138 Å². The number of esters is 2. The first-order valence-corrected chi connectivity index (χ1v) is 47.1. The fourth-order valence-electron chi connectivity index (χ4n) is 17.4. The maximum absolute atomic E-state index is 14.8. The number of anilines is 12. The van der Waals surface area contributed by atoms with Crippen LogP contribution in [-0.4, -0.2) is 241 Å². The number of nitrogens with zero attached hydrogens (tertiary/aromatic N) is 23. The Labute approximate surface area is 858 Å². The van der Waals surface area contributed by atoms with Crippen molar-refractivity contribution in [3.8, 4) is 0 Å². The van der Waals surface area contributed by atoms with E-state index in [2.05, 4.69) is 97.9 Å². The Morgan fingerprint density at radius 1 is 0.440 bits per heavy atom. The number of hydrogen-bond donors (Lipinski definition) is 11. The molecular weight excluding hydrogens is 2020 g/mol. The molecule has 1 aliphatic carbocycles. The van der Waals surface area contributed by atoms with Crippen LogP contribution in [0.3, 0.4) is 0 Å². The molecule has 56 heteroatoms. The summed E-state index contributed by atoms with van der Waals surface area (Å²) < 4.78 is 131. The smallest absolute Gasteiger partial charge is 0.373 e. The lowest BCUT2D eigenvalue weighted by Crippen LogP contribution is -2.40. The molecule has 0 radical (unpaired) electrons.